The van der Waals surface area contributed by atoms with E-state index < -0.39 is 5.97 Å². The SMILES string of the molecule is O=C(O)CN1CCN(C(=O)Cc2cn3ccsc3n2)CC1. The second-order valence-corrected chi connectivity index (χ2v) is 5.93. The Morgan fingerprint density at radius 1 is 1.29 bits per heavy atom. The molecule has 2 aromatic rings. The molecule has 1 aliphatic rings. The van der Waals surface area contributed by atoms with Gasteiger partial charge in [0.15, 0.2) is 4.96 Å². The average molecular weight is 308 g/mol. The lowest BCUT2D eigenvalue weighted by molar-refractivity contribution is -0.139. The molecule has 3 heterocycles. The number of carbonyl (C=O) groups is 2. The summed E-state index contributed by atoms with van der Waals surface area (Å²) in [6, 6.07) is 0. The van der Waals surface area contributed by atoms with E-state index >= 15 is 0 Å². The standard InChI is InChI=1S/C13H16N4O3S/c18-11(7-10-8-17-5-6-21-13(17)14-10)16-3-1-15(2-4-16)9-12(19)20/h5-6,8H,1-4,7,9H2,(H,19,20). The Balaban J connectivity index is 1.54. The van der Waals surface area contributed by atoms with Crippen LogP contribution in [0.2, 0.25) is 0 Å². The molecular formula is C13H16N4O3S. The zero-order valence-corrected chi connectivity index (χ0v) is 12.3. The zero-order chi connectivity index (χ0) is 14.8. The number of aliphatic carboxylic acids is 1. The van der Waals surface area contributed by atoms with E-state index in [1.54, 1.807) is 16.2 Å². The van der Waals surface area contributed by atoms with Crippen molar-refractivity contribution in [1.82, 2.24) is 19.2 Å². The zero-order valence-electron chi connectivity index (χ0n) is 11.4. The number of fused-ring (bicyclic) bond motifs is 1. The van der Waals surface area contributed by atoms with Crippen molar-refractivity contribution in [2.24, 2.45) is 0 Å². The van der Waals surface area contributed by atoms with Crippen molar-refractivity contribution in [2.75, 3.05) is 32.7 Å². The van der Waals surface area contributed by atoms with Gasteiger partial charge in [-0.3, -0.25) is 18.9 Å². The van der Waals surface area contributed by atoms with Crippen LogP contribution in [0.3, 0.4) is 0 Å². The largest absolute Gasteiger partial charge is 0.480 e. The Labute approximate surface area is 125 Å². The number of carboxylic acid groups (broad SMARTS) is 1. The number of hydrogen-bond acceptors (Lipinski definition) is 5. The highest BCUT2D eigenvalue weighted by Gasteiger charge is 2.22. The van der Waals surface area contributed by atoms with Gasteiger partial charge in [0, 0.05) is 44.0 Å². The predicted octanol–water partition coefficient (Wildman–Crippen LogP) is 0.167. The van der Waals surface area contributed by atoms with Crippen LogP contribution in [0.4, 0.5) is 0 Å². The minimum Gasteiger partial charge on any atom is -0.480 e. The van der Waals surface area contributed by atoms with Crippen LogP contribution in [0.1, 0.15) is 5.69 Å². The molecule has 0 radical (unpaired) electrons. The van der Waals surface area contributed by atoms with Crippen LogP contribution in [0.5, 0.6) is 0 Å². The fourth-order valence-corrected chi connectivity index (χ4v) is 3.19. The van der Waals surface area contributed by atoms with E-state index in [9.17, 15) is 9.59 Å². The molecule has 1 N–H and O–H groups in total. The molecule has 0 saturated carbocycles. The number of thiazole rings is 1. The molecule has 0 atom stereocenters. The molecule has 1 saturated heterocycles. The van der Waals surface area contributed by atoms with E-state index in [4.69, 9.17) is 5.11 Å². The predicted molar refractivity (Wildman–Crippen MR) is 77.4 cm³/mol. The first-order chi connectivity index (χ1) is 10.1. The molecule has 1 aliphatic heterocycles. The summed E-state index contributed by atoms with van der Waals surface area (Å²) >= 11 is 1.54. The fraction of sp³-hybridized carbons (Fsp3) is 0.462. The van der Waals surface area contributed by atoms with E-state index in [0.717, 1.165) is 10.7 Å². The van der Waals surface area contributed by atoms with Crippen LogP contribution in [0.15, 0.2) is 17.8 Å². The third kappa shape index (κ3) is 3.22. The second kappa shape index (κ2) is 5.82. The third-order valence-corrected chi connectivity index (χ3v) is 4.33. The van der Waals surface area contributed by atoms with Crippen LogP contribution in [0, 0.1) is 0 Å². The van der Waals surface area contributed by atoms with Crippen molar-refractivity contribution in [3.63, 3.8) is 0 Å². The Morgan fingerprint density at radius 2 is 2.05 bits per heavy atom. The van der Waals surface area contributed by atoms with Crippen molar-refractivity contribution in [3.05, 3.63) is 23.5 Å². The number of hydrogen-bond donors (Lipinski definition) is 1. The number of imidazole rings is 1. The highest BCUT2D eigenvalue weighted by atomic mass is 32.1. The molecule has 2 aromatic heterocycles. The number of piperazine rings is 1. The molecule has 0 aromatic carbocycles. The number of rotatable bonds is 4. The molecule has 8 heteroatoms. The fourth-order valence-electron chi connectivity index (χ4n) is 2.47. The van der Waals surface area contributed by atoms with Gasteiger partial charge < -0.3 is 10.0 Å². The molecule has 0 spiro atoms. The van der Waals surface area contributed by atoms with Crippen molar-refractivity contribution in [3.8, 4) is 0 Å². The first-order valence-electron chi connectivity index (χ1n) is 6.75. The Morgan fingerprint density at radius 3 is 2.71 bits per heavy atom. The van der Waals surface area contributed by atoms with Gasteiger partial charge in [-0.25, -0.2) is 4.98 Å². The first-order valence-corrected chi connectivity index (χ1v) is 7.63. The van der Waals surface area contributed by atoms with E-state index in [0.29, 0.717) is 32.6 Å². The van der Waals surface area contributed by atoms with Crippen molar-refractivity contribution >= 4 is 28.2 Å². The van der Waals surface area contributed by atoms with Crippen LogP contribution < -0.4 is 0 Å². The van der Waals surface area contributed by atoms with Gasteiger partial charge >= 0.3 is 5.97 Å². The van der Waals surface area contributed by atoms with Gasteiger partial charge in [-0.1, -0.05) is 0 Å². The second-order valence-electron chi connectivity index (χ2n) is 5.05. The Kier molecular flexibility index (Phi) is 3.89. The summed E-state index contributed by atoms with van der Waals surface area (Å²) in [4.78, 5) is 31.8. The van der Waals surface area contributed by atoms with Gasteiger partial charge in [0.2, 0.25) is 5.91 Å². The average Bonchev–Trinajstić information content (AvgIpc) is 2.99. The highest BCUT2D eigenvalue weighted by molar-refractivity contribution is 7.15. The maximum Gasteiger partial charge on any atom is 0.317 e. The number of aromatic nitrogens is 2. The highest BCUT2D eigenvalue weighted by Crippen LogP contribution is 2.13. The summed E-state index contributed by atoms with van der Waals surface area (Å²) in [7, 11) is 0. The van der Waals surface area contributed by atoms with Gasteiger partial charge in [-0.15, -0.1) is 11.3 Å². The first kappa shape index (κ1) is 14.0. The summed E-state index contributed by atoms with van der Waals surface area (Å²) in [5.74, 6) is -0.774. The number of carbonyl (C=O) groups excluding carboxylic acids is 1. The number of nitrogens with zero attached hydrogens (tertiary/aromatic N) is 4. The minimum atomic E-state index is -0.826. The summed E-state index contributed by atoms with van der Waals surface area (Å²) in [5.41, 5.74) is 0.778. The van der Waals surface area contributed by atoms with Crippen LogP contribution >= 0.6 is 11.3 Å². The van der Waals surface area contributed by atoms with Crippen LogP contribution in [-0.4, -0.2) is 68.9 Å². The number of carboxylic acids is 1. The molecule has 7 nitrogen and oxygen atoms in total. The lowest BCUT2D eigenvalue weighted by Crippen LogP contribution is -2.50. The lowest BCUT2D eigenvalue weighted by atomic mass is 10.2. The number of amides is 1. The third-order valence-electron chi connectivity index (χ3n) is 3.56. The van der Waals surface area contributed by atoms with Crippen LogP contribution in [-0.2, 0) is 16.0 Å². The van der Waals surface area contributed by atoms with Crippen LogP contribution in [0.25, 0.3) is 4.96 Å². The van der Waals surface area contributed by atoms with Gasteiger partial charge in [0.1, 0.15) is 0 Å². The summed E-state index contributed by atoms with van der Waals surface area (Å²) < 4.78 is 1.91. The van der Waals surface area contributed by atoms with Crippen molar-refractivity contribution in [1.29, 1.82) is 0 Å². The van der Waals surface area contributed by atoms with E-state index in [1.807, 2.05) is 27.1 Å². The molecule has 112 valence electrons. The van der Waals surface area contributed by atoms with Gasteiger partial charge in [-0.2, -0.15) is 0 Å². The maximum atomic E-state index is 12.2. The molecule has 1 fully saturated rings. The topological polar surface area (TPSA) is 78.2 Å². The molecular weight excluding hydrogens is 292 g/mol. The molecule has 0 unspecified atom stereocenters. The van der Waals surface area contributed by atoms with E-state index in [-0.39, 0.29) is 12.5 Å². The Bertz CT molecular complexity index is 629. The lowest BCUT2D eigenvalue weighted by Gasteiger charge is -2.33. The van der Waals surface area contributed by atoms with Gasteiger partial charge in [-0.05, 0) is 0 Å². The van der Waals surface area contributed by atoms with Gasteiger partial charge in [0.05, 0.1) is 18.7 Å². The molecule has 1 amide bonds. The molecule has 0 aliphatic carbocycles. The van der Waals surface area contributed by atoms with E-state index in [1.165, 1.54) is 0 Å². The van der Waals surface area contributed by atoms with Crippen molar-refractivity contribution in [2.45, 2.75) is 6.42 Å². The quantitative estimate of drug-likeness (QED) is 0.871. The molecule has 0 bridgehead atoms. The monoisotopic (exact) mass is 308 g/mol. The Hall–Kier alpha value is -1.93. The summed E-state index contributed by atoms with van der Waals surface area (Å²) in [5, 5.41) is 10.7. The normalized spacial score (nSPS) is 16.5. The van der Waals surface area contributed by atoms with Gasteiger partial charge in [0.25, 0.3) is 0 Å². The van der Waals surface area contributed by atoms with E-state index in [2.05, 4.69) is 4.98 Å². The maximum absolute atomic E-state index is 12.2. The minimum absolute atomic E-state index is 0.0410. The summed E-state index contributed by atoms with van der Waals surface area (Å²) in [6.45, 7) is 2.41. The molecule has 21 heavy (non-hydrogen) atoms. The molecule has 3 rings (SSSR count). The van der Waals surface area contributed by atoms with Crippen molar-refractivity contribution < 1.29 is 14.7 Å². The summed E-state index contributed by atoms with van der Waals surface area (Å²) in [6.07, 6.45) is 4.10. The smallest absolute Gasteiger partial charge is 0.317 e.